The van der Waals surface area contributed by atoms with Gasteiger partial charge in [-0.05, 0) is 6.92 Å². The van der Waals surface area contributed by atoms with Crippen LogP contribution in [0, 0.1) is 6.92 Å². The van der Waals surface area contributed by atoms with E-state index >= 15 is 0 Å². The van der Waals surface area contributed by atoms with Gasteiger partial charge in [0.05, 0.1) is 17.2 Å². The summed E-state index contributed by atoms with van der Waals surface area (Å²) in [5.41, 5.74) is 0.962. The predicted octanol–water partition coefficient (Wildman–Crippen LogP) is 2.16. The van der Waals surface area contributed by atoms with Crippen molar-refractivity contribution in [2.24, 2.45) is 0 Å². The van der Waals surface area contributed by atoms with Crippen LogP contribution >= 0.6 is 0 Å². The second kappa shape index (κ2) is 3.11. The van der Waals surface area contributed by atoms with E-state index < -0.39 is 12.2 Å². The number of nitrogens with one attached hydrogen (secondary N) is 1. The first-order valence-corrected chi connectivity index (χ1v) is 4.02. The molecule has 0 aromatic carbocycles. The van der Waals surface area contributed by atoms with Crippen molar-refractivity contribution in [3.05, 3.63) is 18.1 Å². The molecule has 0 amide bonds. The summed E-state index contributed by atoms with van der Waals surface area (Å²) < 4.78 is 39.2. The molecule has 0 aliphatic carbocycles. The van der Waals surface area contributed by atoms with Gasteiger partial charge in [-0.1, -0.05) is 0 Å². The van der Waals surface area contributed by atoms with Gasteiger partial charge < -0.3 is 9.72 Å². The van der Waals surface area contributed by atoms with Crippen LogP contribution in [0.4, 0.5) is 13.2 Å². The van der Waals surface area contributed by atoms with Crippen LogP contribution < -0.4 is 4.74 Å². The molecule has 0 aliphatic rings. The maximum absolute atomic E-state index is 11.9. The summed E-state index contributed by atoms with van der Waals surface area (Å²) in [5, 5.41) is 0. The molecule has 0 spiro atoms. The third-order valence-corrected chi connectivity index (χ3v) is 1.68. The summed E-state index contributed by atoms with van der Waals surface area (Å²) >= 11 is 0. The molecule has 80 valence electrons. The highest BCUT2D eigenvalue weighted by molar-refractivity contribution is 5.74. The van der Waals surface area contributed by atoms with Gasteiger partial charge in [-0.3, -0.25) is 0 Å². The molecule has 0 bridgehead atoms. The average Bonchev–Trinajstić information content (AvgIpc) is 2.40. The second-order valence-corrected chi connectivity index (χ2v) is 2.91. The molecule has 0 radical (unpaired) electrons. The molecule has 1 N–H and O–H groups in total. The Balaban J connectivity index is 2.38. The summed E-state index contributed by atoms with van der Waals surface area (Å²) in [6.07, 6.45) is -3.48. The Labute approximate surface area is 82.1 Å². The lowest BCUT2D eigenvalue weighted by Gasteiger charge is -2.06. The third kappa shape index (κ3) is 2.17. The molecule has 4 nitrogen and oxygen atoms in total. The standard InChI is InChI=1S/C8H6F3N3O/c1-4-13-5-2-7(15-8(9,10)11)12-3-6(5)14-4/h2-3H,1H3,(H,13,14). The molecule has 2 aromatic rings. The van der Waals surface area contributed by atoms with E-state index in [2.05, 4.69) is 19.7 Å². The first kappa shape index (κ1) is 9.75. The molecular formula is C8H6F3N3O. The van der Waals surface area contributed by atoms with Crippen molar-refractivity contribution >= 4 is 11.0 Å². The van der Waals surface area contributed by atoms with Crippen LogP contribution in [0.25, 0.3) is 11.0 Å². The zero-order valence-electron chi connectivity index (χ0n) is 7.59. The molecule has 0 saturated carbocycles. The molecule has 0 aliphatic heterocycles. The van der Waals surface area contributed by atoms with E-state index in [0.717, 1.165) is 6.07 Å². The fraction of sp³-hybridized carbons (Fsp3) is 0.250. The normalized spacial score (nSPS) is 12.0. The van der Waals surface area contributed by atoms with Gasteiger partial charge in [0.1, 0.15) is 5.82 Å². The Morgan fingerprint density at radius 2 is 2.13 bits per heavy atom. The number of hydrogen-bond acceptors (Lipinski definition) is 3. The van der Waals surface area contributed by atoms with Crippen LogP contribution in [0.3, 0.4) is 0 Å². The van der Waals surface area contributed by atoms with Crippen molar-refractivity contribution in [3.63, 3.8) is 0 Å². The van der Waals surface area contributed by atoms with Crippen molar-refractivity contribution in [1.29, 1.82) is 0 Å². The molecule has 0 saturated heterocycles. The molecule has 2 aromatic heterocycles. The average molecular weight is 217 g/mol. The van der Waals surface area contributed by atoms with E-state index in [1.54, 1.807) is 6.92 Å². The van der Waals surface area contributed by atoms with Crippen molar-refractivity contribution in [2.45, 2.75) is 13.3 Å². The fourth-order valence-electron chi connectivity index (χ4n) is 1.19. The fourth-order valence-corrected chi connectivity index (χ4v) is 1.19. The lowest BCUT2D eigenvalue weighted by molar-refractivity contribution is -0.276. The lowest BCUT2D eigenvalue weighted by Crippen LogP contribution is -2.17. The molecule has 7 heteroatoms. The first-order valence-electron chi connectivity index (χ1n) is 4.02. The van der Waals surface area contributed by atoms with Crippen molar-refractivity contribution in [3.8, 4) is 5.88 Å². The lowest BCUT2D eigenvalue weighted by atomic mass is 10.4. The number of hydrogen-bond donors (Lipinski definition) is 1. The van der Waals surface area contributed by atoms with E-state index in [1.165, 1.54) is 6.20 Å². The molecule has 2 heterocycles. The highest BCUT2D eigenvalue weighted by Gasteiger charge is 2.31. The number of nitrogens with zero attached hydrogens (tertiary/aromatic N) is 2. The number of aryl methyl sites for hydroxylation is 1. The maximum Gasteiger partial charge on any atom is 0.574 e. The molecule has 2 rings (SSSR count). The second-order valence-electron chi connectivity index (χ2n) is 2.91. The number of rotatable bonds is 1. The number of H-pyrrole nitrogens is 1. The molecule has 0 unspecified atom stereocenters. The Morgan fingerprint density at radius 1 is 1.40 bits per heavy atom. The van der Waals surface area contributed by atoms with E-state index in [-0.39, 0.29) is 0 Å². The Morgan fingerprint density at radius 3 is 2.80 bits per heavy atom. The van der Waals surface area contributed by atoms with Gasteiger partial charge >= 0.3 is 6.36 Å². The minimum atomic E-state index is -4.73. The number of ether oxygens (including phenoxy) is 1. The van der Waals surface area contributed by atoms with Crippen LogP contribution in [-0.2, 0) is 0 Å². The van der Waals surface area contributed by atoms with Crippen LogP contribution in [0.15, 0.2) is 12.3 Å². The molecule has 15 heavy (non-hydrogen) atoms. The number of halogens is 3. The third-order valence-electron chi connectivity index (χ3n) is 1.68. The summed E-state index contributed by atoms with van der Waals surface area (Å²) in [4.78, 5) is 10.3. The van der Waals surface area contributed by atoms with E-state index in [4.69, 9.17) is 0 Å². The van der Waals surface area contributed by atoms with Crippen LogP contribution in [0.1, 0.15) is 5.82 Å². The molecule has 0 atom stereocenters. The zero-order valence-corrected chi connectivity index (χ0v) is 7.59. The topological polar surface area (TPSA) is 50.8 Å². The summed E-state index contributed by atoms with van der Waals surface area (Å²) in [6, 6.07) is 1.13. The van der Waals surface area contributed by atoms with Crippen molar-refractivity contribution < 1.29 is 17.9 Å². The van der Waals surface area contributed by atoms with E-state index in [0.29, 0.717) is 16.9 Å². The number of fused-ring (bicyclic) bond motifs is 1. The Hall–Kier alpha value is -1.79. The monoisotopic (exact) mass is 217 g/mol. The SMILES string of the molecule is Cc1nc2cc(OC(F)(F)F)ncc2[nH]1. The van der Waals surface area contributed by atoms with Gasteiger partial charge in [-0.15, -0.1) is 13.2 Å². The largest absolute Gasteiger partial charge is 0.574 e. The van der Waals surface area contributed by atoms with Gasteiger partial charge in [-0.2, -0.15) is 0 Å². The van der Waals surface area contributed by atoms with Gasteiger partial charge in [0.15, 0.2) is 0 Å². The molecule has 0 fully saturated rings. The Bertz CT molecular complexity index is 491. The summed E-state index contributed by atoms with van der Waals surface area (Å²) in [5.74, 6) is 0.0949. The quantitative estimate of drug-likeness (QED) is 0.796. The number of pyridine rings is 1. The number of alkyl halides is 3. The predicted molar refractivity (Wildman–Crippen MR) is 45.3 cm³/mol. The van der Waals surface area contributed by atoms with Gasteiger partial charge in [0.2, 0.25) is 5.88 Å². The minimum Gasteiger partial charge on any atom is -0.388 e. The number of aromatic nitrogens is 3. The summed E-state index contributed by atoms with van der Waals surface area (Å²) in [7, 11) is 0. The van der Waals surface area contributed by atoms with E-state index in [1.807, 2.05) is 0 Å². The van der Waals surface area contributed by atoms with Crippen LogP contribution in [0.2, 0.25) is 0 Å². The van der Waals surface area contributed by atoms with Crippen LogP contribution in [-0.4, -0.2) is 21.3 Å². The summed E-state index contributed by atoms with van der Waals surface area (Å²) in [6.45, 7) is 1.70. The Kier molecular flexibility index (Phi) is 2.02. The van der Waals surface area contributed by atoms with Crippen LogP contribution in [0.5, 0.6) is 5.88 Å². The van der Waals surface area contributed by atoms with E-state index in [9.17, 15) is 13.2 Å². The smallest absolute Gasteiger partial charge is 0.388 e. The number of aromatic amines is 1. The maximum atomic E-state index is 11.9. The van der Waals surface area contributed by atoms with Gasteiger partial charge in [-0.25, -0.2) is 9.97 Å². The van der Waals surface area contributed by atoms with Crippen molar-refractivity contribution in [2.75, 3.05) is 0 Å². The molecular weight excluding hydrogens is 211 g/mol. The van der Waals surface area contributed by atoms with Gasteiger partial charge in [0.25, 0.3) is 0 Å². The first-order chi connectivity index (χ1) is 6.94. The van der Waals surface area contributed by atoms with Crippen molar-refractivity contribution in [1.82, 2.24) is 15.0 Å². The zero-order chi connectivity index (χ0) is 11.1. The highest BCUT2D eigenvalue weighted by atomic mass is 19.4. The minimum absolute atomic E-state index is 0.391. The van der Waals surface area contributed by atoms with Gasteiger partial charge in [0, 0.05) is 6.07 Å². The highest BCUT2D eigenvalue weighted by Crippen LogP contribution is 2.22. The number of imidazole rings is 1.